The second kappa shape index (κ2) is 9.74. The Morgan fingerprint density at radius 2 is 1.78 bits per heavy atom. The van der Waals surface area contributed by atoms with E-state index in [1.165, 1.54) is 10.3 Å². The van der Waals surface area contributed by atoms with Crippen molar-refractivity contribution in [1.29, 1.82) is 0 Å². The van der Waals surface area contributed by atoms with E-state index in [4.69, 9.17) is 5.73 Å². The van der Waals surface area contributed by atoms with Gasteiger partial charge in [-0.2, -0.15) is 0 Å². The molecule has 0 bridgehead atoms. The van der Waals surface area contributed by atoms with E-state index in [0.717, 1.165) is 47.4 Å². The van der Waals surface area contributed by atoms with Crippen LogP contribution in [-0.2, 0) is 30.6 Å². The molecule has 0 radical (unpaired) electrons. The molecule has 6 heteroatoms. The van der Waals surface area contributed by atoms with E-state index >= 15 is 0 Å². The van der Waals surface area contributed by atoms with Crippen LogP contribution in [-0.4, -0.2) is 29.7 Å². The Labute approximate surface area is 200 Å². The van der Waals surface area contributed by atoms with Gasteiger partial charge in [0.15, 0.2) is 0 Å². The molecule has 4 nitrogen and oxygen atoms in total. The largest absolute Gasteiger partial charge is 0.366 e. The number of ketones is 1. The number of benzene rings is 2. The third-order valence-electron chi connectivity index (χ3n) is 5.73. The van der Waals surface area contributed by atoms with Gasteiger partial charge in [0.2, 0.25) is 5.91 Å². The van der Waals surface area contributed by atoms with Crippen molar-refractivity contribution in [2.45, 2.75) is 46.6 Å². The lowest BCUT2D eigenvalue weighted by molar-refractivity contribution is -0.117. The average molecular weight is 471 g/mol. The van der Waals surface area contributed by atoms with E-state index in [-0.39, 0.29) is 30.0 Å². The second-order valence-electron chi connectivity index (χ2n) is 9.76. The van der Waals surface area contributed by atoms with Gasteiger partial charge in [-0.3, -0.25) is 14.5 Å². The number of hydrogen-bond acceptors (Lipinski definition) is 4. The number of thiophene rings is 1. The molecule has 1 aliphatic heterocycles. The Morgan fingerprint density at radius 1 is 1.06 bits per heavy atom. The molecule has 2 N–H and O–H groups in total. The first-order valence-electron chi connectivity index (χ1n) is 10.8. The molecule has 4 rings (SSSR count). The Morgan fingerprint density at radius 3 is 2.47 bits per heavy atom. The van der Waals surface area contributed by atoms with Crippen LogP contribution in [0.25, 0.3) is 10.8 Å². The van der Waals surface area contributed by atoms with E-state index in [2.05, 4.69) is 49.9 Å². The van der Waals surface area contributed by atoms with Crippen LogP contribution in [0.4, 0.5) is 0 Å². The normalized spacial score (nSPS) is 14.1. The van der Waals surface area contributed by atoms with Crippen LogP contribution in [0.5, 0.6) is 0 Å². The molecule has 0 saturated carbocycles. The fourth-order valence-electron chi connectivity index (χ4n) is 4.55. The van der Waals surface area contributed by atoms with Gasteiger partial charge in [-0.25, -0.2) is 0 Å². The lowest BCUT2D eigenvalue weighted by atomic mass is 9.93. The summed E-state index contributed by atoms with van der Waals surface area (Å²) < 4.78 is 0. The van der Waals surface area contributed by atoms with Crippen molar-refractivity contribution in [3.63, 3.8) is 0 Å². The van der Waals surface area contributed by atoms with Crippen molar-refractivity contribution in [3.05, 3.63) is 68.9 Å². The van der Waals surface area contributed by atoms with E-state index in [1.807, 2.05) is 18.2 Å². The number of Topliss-reactive ketones (excluding diaryl/α,β-unsaturated/α-hetero) is 1. The summed E-state index contributed by atoms with van der Waals surface area (Å²) in [5.74, 6) is -0.293. The fraction of sp³-hybridized carbons (Fsp3) is 0.385. The van der Waals surface area contributed by atoms with Gasteiger partial charge in [0.05, 0.1) is 5.56 Å². The highest BCUT2D eigenvalue weighted by Gasteiger charge is 2.29. The van der Waals surface area contributed by atoms with Gasteiger partial charge < -0.3 is 5.73 Å². The molecule has 0 fully saturated rings. The van der Waals surface area contributed by atoms with Gasteiger partial charge >= 0.3 is 0 Å². The van der Waals surface area contributed by atoms with Crippen molar-refractivity contribution < 1.29 is 9.59 Å². The van der Waals surface area contributed by atoms with E-state index in [9.17, 15) is 9.59 Å². The van der Waals surface area contributed by atoms with Gasteiger partial charge in [-0.05, 0) is 33.7 Å². The maximum absolute atomic E-state index is 12.9. The average Bonchev–Trinajstić information content (AvgIpc) is 3.03. The zero-order valence-electron chi connectivity index (χ0n) is 18.9. The molecular formula is C26H31ClN2O2S. The Kier molecular flexibility index (Phi) is 7.43. The molecule has 170 valence electrons. The summed E-state index contributed by atoms with van der Waals surface area (Å²) >= 11 is 1.60. The molecule has 32 heavy (non-hydrogen) atoms. The lowest BCUT2D eigenvalue weighted by Crippen LogP contribution is -2.36. The summed E-state index contributed by atoms with van der Waals surface area (Å²) in [5.41, 5.74) is 8.64. The second-order valence-corrected chi connectivity index (χ2v) is 11.0. The molecular weight excluding hydrogens is 440 g/mol. The summed E-state index contributed by atoms with van der Waals surface area (Å²) in [7, 11) is 0. The van der Waals surface area contributed by atoms with Gasteiger partial charge in [0, 0.05) is 42.2 Å². The maximum Gasteiger partial charge on any atom is 0.250 e. The summed E-state index contributed by atoms with van der Waals surface area (Å²) in [6.45, 7) is 9.47. The third-order valence-corrected chi connectivity index (χ3v) is 6.94. The molecule has 2 aromatic carbocycles. The smallest absolute Gasteiger partial charge is 0.250 e. The fourth-order valence-corrected chi connectivity index (χ4v) is 5.98. The first kappa shape index (κ1) is 24.4. The summed E-state index contributed by atoms with van der Waals surface area (Å²) in [5, 5.41) is 2.30. The van der Waals surface area contributed by atoms with Crippen LogP contribution in [0, 0.1) is 5.41 Å². The van der Waals surface area contributed by atoms with Crippen LogP contribution in [0.3, 0.4) is 0 Å². The lowest BCUT2D eigenvalue weighted by Gasteiger charge is -2.32. The van der Waals surface area contributed by atoms with Crippen molar-refractivity contribution >= 4 is 46.2 Å². The molecule has 1 amide bonds. The monoisotopic (exact) mass is 470 g/mol. The number of amides is 1. The number of fused-ring (bicyclic) bond motifs is 2. The SMILES string of the molecule is CC(C)(C)CN1CCc2c(sc(CC(=O)Cc3ccc4ccccc4c3)c2C(N)=O)C1.Cl. The standard InChI is InChI=1S/C26H30N2O2S.ClH/c1-26(2,3)16-28-11-10-21-23(15-28)31-22(24(21)25(27)30)14-20(29)13-17-8-9-18-6-4-5-7-19(18)12-17;/h4-9,12H,10-11,13-16H2,1-3H3,(H2,27,30);1H. The van der Waals surface area contributed by atoms with Crippen molar-refractivity contribution in [3.8, 4) is 0 Å². The highest BCUT2D eigenvalue weighted by atomic mass is 35.5. The minimum Gasteiger partial charge on any atom is -0.366 e. The van der Waals surface area contributed by atoms with Crippen molar-refractivity contribution in [2.24, 2.45) is 11.1 Å². The highest BCUT2D eigenvalue weighted by Crippen LogP contribution is 2.34. The van der Waals surface area contributed by atoms with Crippen LogP contribution < -0.4 is 5.73 Å². The number of nitrogens with zero attached hydrogens (tertiary/aromatic N) is 1. The molecule has 0 spiro atoms. The van der Waals surface area contributed by atoms with E-state index in [0.29, 0.717) is 12.0 Å². The van der Waals surface area contributed by atoms with Crippen molar-refractivity contribution in [1.82, 2.24) is 4.90 Å². The molecule has 3 aromatic rings. The van der Waals surface area contributed by atoms with Crippen LogP contribution in [0.1, 0.15) is 52.0 Å². The molecule has 0 aliphatic carbocycles. The van der Waals surface area contributed by atoms with E-state index in [1.54, 1.807) is 11.3 Å². The molecule has 2 heterocycles. The number of primary amides is 1. The van der Waals surface area contributed by atoms with Gasteiger partial charge in [0.1, 0.15) is 5.78 Å². The first-order chi connectivity index (χ1) is 14.7. The first-order valence-corrected chi connectivity index (χ1v) is 11.7. The maximum atomic E-state index is 12.9. The Bertz CT molecular complexity index is 1150. The number of carbonyl (C=O) groups excluding carboxylic acids is 2. The Balaban J connectivity index is 0.00000289. The third kappa shape index (κ3) is 5.58. The zero-order chi connectivity index (χ0) is 22.2. The van der Waals surface area contributed by atoms with Crippen LogP contribution >= 0.6 is 23.7 Å². The summed E-state index contributed by atoms with van der Waals surface area (Å²) in [6.07, 6.45) is 1.45. The number of rotatable bonds is 6. The Hall–Kier alpha value is -2.21. The molecule has 1 aliphatic rings. The molecule has 0 unspecified atom stereocenters. The van der Waals surface area contributed by atoms with Crippen LogP contribution in [0.15, 0.2) is 42.5 Å². The number of carbonyl (C=O) groups is 2. The number of nitrogens with two attached hydrogens (primary N) is 1. The van der Waals surface area contributed by atoms with Gasteiger partial charge in [-0.15, -0.1) is 23.7 Å². The minimum absolute atomic E-state index is 0. The summed E-state index contributed by atoms with van der Waals surface area (Å²) in [4.78, 5) is 29.6. The van der Waals surface area contributed by atoms with Gasteiger partial charge in [0.25, 0.3) is 0 Å². The molecule has 0 saturated heterocycles. The van der Waals surface area contributed by atoms with Crippen molar-refractivity contribution in [2.75, 3.05) is 13.1 Å². The predicted molar refractivity (Wildman–Crippen MR) is 135 cm³/mol. The molecule has 0 atom stereocenters. The highest BCUT2D eigenvalue weighted by molar-refractivity contribution is 7.12. The predicted octanol–water partition coefficient (Wildman–Crippen LogP) is 5.18. The minimum atomic E-state index is -0.407. The van der Waals surface area contributed by atoms with Crippen LogP contribution in [0.2, 0.25) is 0 Å². The number of hydrogen-bond donors (Lipinski definition) is 1. The quantitative estimate of drug-likeness (QED) is 0.539. The topological polar surface area (TPSA) is 63.4 Å². The van der Waals surface area contributed by atoms with Gasteiger partial charge in [-0.1, -0.05) is 63.2 Å². The summed E-state index contributed by atoms with van der Waals surface area (Å²) in [6, 6.07) is 14.3. The number of halogens is 1. The molecule has 1 aromatic heterocycles. The van der Waals surface area contributed by atoms with E-state index < -0.39 is 5.91 Å². The zero-order valence-corrected chi connectivity index (χ0v) is 20.6.